The van der Waals surface area contributed by atoms with E-state index < -0.39 is 6.03 Å². The van der Waals surface area contributed by atoms with E-state index in [1.807, 2.05) is 25.1 Å². The van der Waals surface area contributed by atoms with Gasteiger partial charge in [0, 0.05) is 44.0 Å². The van der Waals surface area contributed by atoms with E-state index in [9.17, 15) is 14.4 Å². The Morgan fingerprint density at radius 1 is 1.34 bits per heavy atom. The second-order valence-electron chi connectivity index (χ2n) is 7.25. The third kappa shape index (κ3) is 4.39. The molecule has 0 spiro atoms. The zero-order valence-corrected chi connectivity index (χ0v) is 16.1. The van der Waals surface area contributed by atoms with Crippen LogP contribution in [0.1, 0.15) is 31.0 Å². The molecule has 4 rings (SSSR count). The maximum absolute atomic E-state index is 12.1. The van der Waals surface area contributed by atoms with Crippen LogP contribution in [0.15, 0.2) is 28.8 Å². The van der Waals surface area contributed by atoms with Crippen molar-refractivity contribution >= 4 is 17.8 Å². The molecule has 1 aromatic heterocycles. The lowest BCUT2D eigenvalue weighted by atomic mass is 10.1. The van der Waals surface area contributed by atoms with E-state index >= 15 is 0 Å². The summed E-state index contributed by atoms with van der Waals surface area (Å²) in [7, 11) is 0. The van der Waals surface area contributed by atoms with Crippen LogP contribution in [-0.2, 0) is 22.6 Å². The zero-order valence-electron chi connectivity index (χ0n) is 16.1. The number of imide groups is 1. The molecule has 0 aliphatic carbocycles. The van der Waals surface area contributed by atoms with E-state index in [2.05, 4.69) is 15.8 Å². The molecule has 9 nitrogen and oxygen atoms in total. The van der Waals surface area contributed by atoms with Crippen molar-refractivity contribution in [1.82, 2.24) is 20.7 Å². The van der Waals surface area contributed by atoms with Crippen molar-refractivity contribution in [2.75, 3.05) is 13.1 Å². The van der Waals surface area contributed by atoms with Gasteiger partial charge in [-0.2, -0.15) is 0 Å². The predicted molar refractivity (Wildman–Crippen MR) is 102 cm³/mol. The molecular formula is C20H22N4O5. The third-order valence-electron chi connectivity index (χ3n) is 4.96. The topological polar surface area (TPSA) is 114 Å². The summed E-state index contributed by atoms with van der Waals surface area (Å²) in [6.45, 7) is 2.84. The molecule has 0 radical (unpaired) electrons. The highest BCUT2D eigenvalue weighted by molar-refractivity contribution is 5.96. The number of urea groups is 1. The molecule has 2 aromatic rings. The summed E-state index contributed by atoms with van der Waals surface area (Å²) in [6.07, 6.45) is 1.48. The summed E-state index contributed by atoms with van der Waals surface area (Å²) in [6, 6.07) is 7.27. The Morgan fingerprint density at radius 2 is 2.21 bits per heavy atom. The molecule has 2 aliphatic heterocycles. The van der Waals surface area contributed by atoms with Gasteiger partial charge in [0.1, 0.15) is 17.5 Å². The Labute approximate surface area is 167 Å². The first-order valence-electron chi connectivity index (χ1n) is 9.59. The van der Waals surface area contributed by atoms with Gasteiger partial charge in [0.25, 0.3) is 0 Å². The Bertz CT molecular complexity index is 954. The van der Waals surface area contributed by atoms with Crippen LogP contribution < -0.4 is 15.4 Å². The summed E-state index contributed by atoms with van der Waals surface area (Å²) >= 11 is 0. The van der Waals surface area contributed by atoms with Gasteiger partial charge in [-0.1, -0.05) is 17.3 Å². The zero-order chi connectivity index (χ0) is 20.4. The maximum Gasteiger partial charge on any atom is 0.324 e. The largest absolute Gasteiger partial charge is 0.490 e. The van der Waals surface area contributed by atoms with E-state index in [0.717, 1.165) is 17.7 Å². The number of hydrogen-bond donors (Lipinski definition) is 2. The minimum absolute atomic E-state index is 0.146. The average molecular weight is 398 g/mol. The smallest absolute Gasteiger partial charge is 0.324 e. The van der Waals surface area contributed by atoms with Gasteiger partial charge < -0.3 is 19.5 Å². The molecule has 0 saturated carbocycles. The highest BCUT2D eigenvalue weighted by Gasteiger charge is 2.23. The first-order valence-corrected chi connectivity index (χ1v) is 9.59. The number of amides is 4. The predicted octanol–water partition coefficient (Wildman–Crippen LogP) is 1.61. The van der Waals surface area contributed by atoms with Crippen LogP contribution in [0.4, 0.5) is 4.79 Å². The van der Waals surface area contributed by atoms with Crippen LogP contribution in [0.3, 0.4) is 0 Å². The van der Waals surface area contributed by atoms with Gasteiger partial charge in [-0.25, -0.2) is 4.79 Å². The number of aromatic nitrogens is 1. The second-order valence-corrected chi connectivity index (χ2v) is 7.25. The van der Waals surface area contributed by atoms with E-state index in [1.165, 1.54) is 10.5 Å². The van der Waals surface area contributed by atoms with Gasteiger partial charge >= 0.3 is 6.03 Å². The van der Waals surface area contributed by atoms with Gasteiger partial charge in [-0.3, -0.25) is 14.9 Å². The Balaban J connectivity index is 1.27. The number of ether oxygens (including phenoxy) is 1. The number of carbonyl (C=O) groups is 3. The van der Waals surface area contributed by atoms with E-state index in [1.54, 1.807) is 6.07 Å². The standard InChI is InChI=1S/C20H22N4O5/c1-12-8-13-2-3-14(9-16(13)28-12)17-10-15(23-29-17)11-21-18(25)4-6-24-7-5-19(26)22-20(24)27/h2-3,9-10,12H,4-8,11H2,1H3,(H,21,25)(H,22,26,27). The van der Waals surface area contributed by atoms with Crippen LogP contribution in [0.2, 0.25) is 0 Å². The fourth-order valence-electron chi connectivity index (χ4n) is 3.41. The number of rotatable bonds is 6. The molecule has 152 valence electrons. The number of benzene rings is 1. The molecule has 1 aromatic carbocycles. The van der Waals surface area contributed by atoms with Gasteiger partial charge in [0.2, 0.25) is 11.8 Å². The molecule has 1 saturated heterocycles. The van der Waals surface area contributed by atoms with Crippen molar-refractivity contribution in [3.8, 4) is 17.1 Å². The summed E-state index contributed by atoms with van der Waals surface area (Å²) in [4.78, 5) is 36.3. The fourth-order valence-corrected chi connectivity index (χ4v) is 3.41. The average Bonchev–Trinajstić information content (AvgIpc) is 3.30. The lowest BCUT2D eigenvalue weighted by molar-refractivity contribution is -0.121. The molecule has 1 atom stereocenters. The molecule has 1 fully saturated rings. The van der Waals surface area contributed by atoms with Crippen molar-refractivity contribution in [3.05, 3.63) is 35.5 Å². The van der Waals surface area contributed by atoms with Gasteiger partial charge in [-0.05, 0) is 18.6 Å². The number of nitrogens with zero attached hydrogens (tertiary/aromatic N) is 2. The molecule has 2 aliphatic rings. The van der Waals surface area contributed by atoms with Crippen LogP contribution in [-0.4, -0.2) is 47.1 Å². The molecule has 2 N–H and O–H groups in total. The SMILES string of the molecule is CC1Cc2ccc(-c3cc(CNC(=O)CCN4CCC(=O)NC4=O)no3)cc2O1. The van der Waals surface area contributed by atoms with Crippen LogP contribution >= 0.6 is 0 Å². The molecule has 4 amide bonds. The molecular weight excluding hydrogens is 376 g/mol. The van der Waals surface area contributed by atoms with E-state index in [0.29, 0.717) is 18.0 Å². The number of carbonyl (C=O) groups excluding carboxylic acids is 3. The Kier molecular flexibility index (Phi) is 5.20. The Morgan fingerprint density at radius 3 is 3.03 bits per heavy atom. The van der Waals surface area contributed by atoms with Crippen LogP contribution in [0.25, 0.3) is 11.3 Å². The quantitative estimate of drug-likeness (QED) is 0.764. The first-order chi connectivity index (χ1) is 14.0. The summed E-state index contributed by atoms with van der Waals surface area (Å²) < 4.78 is 11.2. The molecule has 29 heavy (non-hydrogen) atoms. The van der Waals surface area contributed by atoms with Crippen molar-refractivity contribution < 1.29 is 23.6 Å². The van der Waals surface area contributed by atoms with Crippen LogP contribution in [0.5, 0.6) is 5.75 Å². The Hall–Kier alpha value is -3.36. The lowest BCUT2D eigenvalue weighted by Gasteiger charge is -2.26. The van der Waals surface area contributed by atoms with Crippen molar-refractivity contribution in [2.45, 2.75) is 38.8 Å². The van der Waals surface area contributed by atoms with Crippen molar-refractivity contribution in [2.24, 2.45) is 0 Å². The number of nitrogens with one attached hydrogen (secondary N) is 2. The van der Waals surface area contributed by atoms with E-state index in [4.69, 9.17) is 9.26 Å². The lowest BCUT2D eigenvalue weighted by Crippen LogP contribution is -2.50. The monoisotopic (exact) mass is 398 g/mol. The van der Waals surface area contributed by atoms with Crippen molar-refractivity contribution in [1.29, 1.82) is 0 Å². The highest BCUT2D eigenvalue weighted by Crippen LogP contribution is 2.33. The van der Waals surface area contributed by atoms with Gasteiger partial charge in [-0.15, -0.1) is 0 Å². The van der Waals surface area contributed by atoms with E-state index in [-0.39, 0.29) is 43.8 Å². The summed E-state index contributed by atoms with van der Waals surface area (Å²) in [5.41, 5.74) is 2.65. The third-order valence-corrected chi connectivity index (χ3v) is 4.96. The minimum atomic E-state index is -0.456. The van der Waals surface area contributed by atoms with Gasteiger partial charge in [0.05, 0.1) is 6.54 Å². The molecule has 9 heteroatoms. The molecule has 3 heterocycles. The fraction of sp³-hybridized carbons (Fsp3) is 0.400. The minimum Gasteiger partial charge on any atom is -0.490 e. The number of hydrogen-bond acceptors (Lipinski definition) is 6. The molecule has 1 unspecified atom stereocenters. The molecule has 0 bridgehead atoms. The number of fused-ring (bicyclic) bond motifs is 1. The normalized spacial score (nSPS) is 18.2. The van der Waals surface area contributed by atoms with Gasteiger partial charge in [0.15, 0.2) is 5.76 Å². The first kappa shape index (κ1) is 19.0. The van der Waals surface area contributed by atoms with Crippen LogP contribution in [0, 0.1) is 0 Å². The summed E-state index contributed by atoms with van der Waals surface area (Å²) in [5.74, 6) is 0.973. The summed E-state index contributed by atoms with van der Waals surface area (Å²) in [5, 5.41) is 9.00. The van der Waals surface area contributed by atoms with Crippen molar-refractivity contribution in [3.63, 3.8) is 0 Å². The maximum atomic E-state index is 12.1. The highest BCUT2D eigenvalue weighted by atomic mass is 16.5. The second kappa shape index (κ2) is 7.94.